The zero-order chi connectivity index (χ0) is 11.0. The fourth-order valence-corrected chi connectivity index (χ4v) is 1.85. The smallest absolute Gasteiger partial charge is 0.280 e. The van der Waals surface area contributed by atoms with Gasteiger partial charge in [0.1, 0.15) is 11.5 Å². The number of hydrogen-bond donors (Lipinski definition) is 0. The van der Waals surface area contributed by atoms with Crippen LogP contribution in [0.5, 0.6) is 0 Å². The van der Waals surface area contributed by atoms with E-state index in [4.69, 9.17) is 0 Å². The van der Waals surface area contributed by atoms with Crippen molar-refractivity contribution in [2.75, 3.05) is 0 Å². The molecule has 3 nitrogen and oxygen atoms in total. The van der Waals surface area contributed by atoms with E-state index in [1.165, 1.54) is 4.57 Å². The van der Waals surface area contributed by atoms with Gasteiger partial charge in [-0.05, 0) is 12.3 Å². The van der Waals surface area contributed by atoms with Crippen LogP contribution in [0.15, 0.2) is 10.9 Å². The van der Waals surface area contributed by atoms with E-state index in [1.807, 2.05) is 6.92 Å². The Morgan fingerprint density at radius 1 is 1.60 bits per heavy atom. The van der Waals surface area contributed by atoms with Gasteiger partial charge in [0.15, 0.2) is 0 Å². The lowest BCUT2D eigenvalue weighted by Crippen LogP contribution is -2.31. The number of hydrogen-bond acceptors (Lipinski definition) is 2. The molecule has 1 aliphatic heterocycles. The molecule has 2 heterocycles. The van der Waals surface area contributed by atoms with E-state index in [0.29, 0.717) is 24.7 Å². The first-order valence-electron chi connectivity index (χ1n) is 4.96. The van der Waals surface area contributed by atoms with Gasteiger partial charge in [0.2, 0.25) is 0 Å². The third-order valence-electron chi connectivity index (χ3n) is 2.69. The normalized spacial score (nSPS) is 20.4. The first-order chi connectivity index (χ1) is 7.08. The number of fused-ring (bicyclic) bond motifs is 1. The van der Waals surface area contributed by atoms with Gasteiger partial charge in [0.25, 0.3) is 12.0 Å². The maximum absolute atomic E-state index is 12.4. The number of rotatable bonds is 1. The maximum atomic E-state index is 12.4. The molecule has 0 aromatic carbocycles. The van der Waals surface area contributed by atoms with Crippen molar-refractivity contribution in [3.8, 4) is 0 Å². The second kappa shape index (κ2) is 3.72. The Balaban J connectivity index is 2.48. The minimum atomic E-state index is -2.66. The van der Waals surface area contributed by atoms with E-state index in [2.05, 4.69) is 4.98 Å². The van der Waals surface area contributed by atoms with Crippen LogP contribution in [0.2, 0.25) is 0 Å². The molecule has 1 aliphatic rings. The molecule has 1 atom stereocenters. The summed E-state index contributed by atoms with van der Waals surface area (Å²) in [5, 5.41) is 0. The van der Waals surface area contributed by atoms with Gasteiger partial charge in [-0.25, -0.2) is 13.8 Å². The summed E-state index contributed by atoms with van der Waals surface area (Å²) >= 11 is 0. The van der Waals surface area contributed by atoms with Crippen LogP contribution < -0.4 is 5.56 Å². The van der Waals surface area contributed by atoms with Gasteiger partial charge in [0, 0.05) is 19.0 Å². The van der Waals surface area contributed by atoms with Gasteiger partial charge in [-0.3, -0.25) is 9.36 Å². The zero-order valence-corrected chi connectivity index (χ0v) is 8.41. The van der Waals surface area contributed by atoms with Crippen LogP contribution in [0.25, 0.3) is 0 Å². The third kappa shape index (κ3) is 1.91. The molecule has 0 spiro atoms. The lowest BCUT2D eigenvalue weighted by molar-refractivity contribution is 0.144. The van der Waals surface area contributed by atoms with Gasteiger partial charge >= 0.3 is 0 Å². The van der Waals surface area contributed by atoms with E-state index in [-0.39, 0.29) is 5.56 Å². The van der Waals surface area contributed by atoms with E-state index in [1.54, 1.807) is 0 Å². The fraction of sp³-hybridized carbons (Fsp3) is 0.600. The lowest BCUT2D eigenvalue weighted by Gasteiger charge is -2.22. The third-order valence-corrected chi connectivity index (χ3v) is 2.69. The second-order valence-corrected chi connectivity index (χ2v) is 3.99. The Hall–Kier alpha value is -1.26. The predicted octanol–water partition coefficient (Wildman–Crippen LogP) is 1.76. The van der Waals surface area contributed by atoms with Gasteiger partial charge in [-0.1, -0.05) is 6.92 Å². The summed E-state index contributed by atoms with van der Waals surface area (Å²) in [7, 11) is 0. The summed E-state index contributed by atoms with van der Waals surface area (Å²) in [6, 6.07) is 0.937. The van der Waals surface area contributed by atoms with E-state index < -0.39 is 12.1 Å². The minimum Gasteiger partial charge on any atom is -0.296 e. The fourth-order valence-electron chi connectivity index (χ4n) is 1.85. The van der Waals surface area contributed by atoms with Crippen LogP contribution in [0, 0.1) is 5.92 Å². The van der Waals surface area contributed by atoms with Crippen molar-refractivity contribution >= 4 is 0 Å². The van der Waals surface area contributed by atoms with Crippen LogP contribution in [-0.4, -0.2) is 9.55 Å². The van der Waals surface area contributed by atoms with Crippen LogP contribution in [0.3, 0.4) is 0 Å². The molecule has 0 fully saturated rings. The SMILES string of the molecule is C[C@H]1CCc2nc(C(F)F)cc(=O)n2C1. The average molecular weight is 214 g/mol. The quantitative estimate of drug-likeness (QED) is 0.714. The van der Waals surface area contributed by atoms with E-state index in [0.717, 1.165) is 12.5 Å². The molecule has 0 unspecified atom stereocenters. The highest BCUT2D eigenvalue weighted by molar-refractivity contribution is 5.07. The van der Waals surface area contributed by atoms with Crippen molar-refractivity contribution in [3.63, 3.8) is 0 Å². The molecule has 0 amide bonds. The molecule has 0 radical (unpaired) electrons. The van der Waals surface area contributed by atoms with E-state index in [9.17, 15) is 13.6 Å². The standard InChI is InChI=1S/C10H12F2N2O/c1-6-2-3-8-13-7(10(11)12)4-9(15)14(8)5-6/h4,6,10H,2-3,5H2,1H3/t6-/m0/s1. The monoisotopic (exact) mass is 214 g/mol. The van der Waals surface area contributed by atoms with Crippen molar-refractivity contribution in [2.45, 2.75) is 32.7 Å². The number of aromatic nitrogens is 2. The molecule has 0 saturated carbocycles. The van der Waals surface area contributed by atoms with Crippen LogP contribution >= 0.6 is 0 Å². The van der Waals surface area contributed by atoms with Crippen LogP contribution in [0.4, 0.5) is 8.78 Å². The van der Waals surface area contributed by atoms with E-state index >= 15 is 0 Å². The Morgan fingerprint density at radius 3 is 3.00 bits per heavy atom. The number of aryl methyl sites for hydroxylation is 1. The highest BCUT2D eigenvalue weighted by atomic mass is 19.3. The highest BCUT2D eigenvalue weighted by Gasteiger charge is 2.20. The molecule has 0 aliphatic carbocycles. The molecule has 5 heteroatoms. The highest BCUT2D eigenvalue weighted by Crippen LogP contribution is 2.19. The number of alkyl halides is 2. The first kappa shape index (κ1) is 10.3. The first-order valence-corrected chi connectivity index (χ1v) is 4.96. The second-order valence-electron chi connectivity index (χ2n) is 3.99. The van der Waals surface area contributed by atoms with Crippen molar-refractivity contribution in [3.05, 3.63) is 27.9 Å². The molecule has 0 N–H and O–H groups in total. The Bertz CT molecular complexity index is 428. The zero-order valence-electron chi connectivity index (χ0n) is 8.41. The Morgan fingerprint density at radius 2 is 2.33 bits per heavy atom. The summed E-state index contributed by atoms with van der Waals surface area (Å²) in [5.74, 6) is 0.908. The summed E-state index contributed by atoms with van der Waals surface area (Å²) in [6.45, 7) is 2.63. The molecular weight excluding hydrogens is 202 g/mol. The Labute approximate surface area is 85.8 Å². The topological polar surface area (TPSA) is 34.9 Å². The van der Waals surface area contributed by atoms with Crippen molar-refractivity contribution in [1.29, 1.82) is 0 Å². The van der Waals surface area contributed by atoms with Crippen molar-refractivity contribution in [1.82, 2.24) is 9.55 Å². The summed E-state index contributed by atoms with van der Waals surface area (Å²) < 4.78 is 26.3. The minimum absolute atomic E-state index is 0.359. The van der Waals surface area contributed by atoms with Crippen LogP contribution in [-0.2, 0) is 13.0 Å². The summed E-state index contributed by atoms with van der Waals surface area (Å²) in [4.78, 5) is 15.3. The largest absolute Gasteiger partial charge is 0.296 e. The molecule has 0 saturated heterocycles. The summed E-state index contributed by atoms with van der Waals surface area (Å²) in [6.07, 6.45) is -1.15. The number of halogens is 2. The average Bonchev–Trinajstić information content (AvgIpc) is 2.18. The predicted molar refractivity (Wildman–Crippen MR) is 50.9 cm³/mol. The number of nitrogens with zero attached hydrogens (tertiary/aromatic N) is 2. The maximum Gasteiger partial charge on any atom is 0.280 e. The Kier molecular flexibility index (Phi) is 2.54. The molecule has 1 aromatic heterocycles. The van der Waals surface area contributed by atoms with Crippen LogP contribution in [0.1, 0.15) is 31.3 Å². The van der Waals surface area contributed by atoms with Gasteiger partial charge < -0.3 is 0 Å². The molecular formula is C10H12F2N2O. The lowest BCUT2D eigenvalue weighted by atomic mass is 10.0. The molecule has 1 aromatic rings. The van der Waals surface area contributed by atoms with Gasteiger partial charge in [0.05, 0.1) is 0 Å². The molecule has 15 heavy (non-hydrogen) atoms. The van der Waals surface area contributed by atoms with Gasteiger partial charge in [-0.15, -0.1) is 0 Å². The van der Waals surface area contributed by atoms with Gasteiger partial charge in [-0.2, -0.15) is 0 Å². The van der Waals surface area contributed by atoms with Crippen molar-refractivity contribution in [2.24, 2.45) is 5.92 Å². The molecule has 82 valence electrons. The van der Waals surface area contributed by atoms with Crippen molar-refractivity contribution < 1.29 is 8.78 Å². The molecule has 2 rings (SSSR count). The molecule has 0 bridgehead atoms. The summed E-state index contributed by atoms with van der Waals surface area (Å²) in [5.41, 5.74) is -0.761.